The molecule has 1 N–H and O–H groups in total. The second-order valence-electron chi connectivity index (χ2n) is 4.52. The number of nitro groups is 1. The normalized spacial score (nSPS) is 10.3. The number of anilines is 1. The number of rotatable bonds is 5. The lowest BCUT2D eigenvalue weighted by atomic mass is 10.1. The Labute approximate surface area is 131 Å². The van der Waals surface area contributed by atoms with E-state index < -0.39 is 0 Å². The summed E-state index contributed by atoms with van der Waals surface area (Å²) in [5.41, 5.74) is 3.66. The highest BCUT2D eigenvalue weighted by molar-refractivity contribution is 14.1. The second kappa shape index (κ2) is 6.69. The fourth-order valence-electron chi connectivity index (χ4n) is 1.98. The summed E-state index contributed by atoms with van der Waals surface area (Å²) in [7, 11) is 0. The third kappa shape index (κ3) is 3.69. The van der Waals surface area contributed by atoms with Crippen molar-refractivity contribution in [2.24, 2.45) is 0 Å². The molecule has 104 valence electrons. The van der Waals surface area contributed by atoms with Crippen LogP contribution in [0.4, 0.5) is 11.4 Å². The predicted octanol–water partition coefficient (Wildman–Crippen LogP) is 4.16. The molecule has 2 aromatic rings. The molecule has 0 fully saturated rings. The van der Waals surface area contributed by atoms with Gasteiger partial charge in [-0.2, -0.15) is 0 Å². The fourth-order valence-corrected chi connectivity index (χ4v) is 2.67. The smallest absolute Gasteiger partial charge is 0.270 e. The van der Waals surface area contributed by atoms with E-state index in [9.17, 15) is 10.1 Å². The molecule has 0 saturated heterocycles. The van der Waals surface area contributed by atoms with Crippen molar-refractivity contribution in [3.05, 3.63) is 67.3 Å². The highest BCUT2D eigenvalue weighted by atomic mass is 127. The maximum Gasteiger partial charge on any atom is 0.270 e. The van der Waals surface area contributed by atoms with E-state index in [2.05, 4.69) is 47.0 Å². The number of nitrogens with one attached hydrogen (secondary N) is 1. The fraction of sp³-hybridized carbons (Fsp3) is 0.200. The number of aryl methyl sites for hydroxylation is 1. The third-order valence-electron chi connectivity index (χ3n) is 3.13. The largest absolute Gasteiger partial charge is 0.384 e. The van der Waals surface area contributed by atoms with Crippen molar-refractivity contribution in [3.63, 3.8) is 0 Å². The number of halogens is 1. The van der Waals surface area contributed by atoms with Gasteiger partial charge < -0.3 is 5.32 Å². The van der Waals surface area contributed by atoms with Crippen LogP contribution in [0.5, 0.6) is 0 Å². The average molecular weight is 382 g/mol. The first-order chi connectivity index (χ1) is 9.58. The van der Waals surface area contributed by atoms with Gasteiger partial charge in [0.2, 0.25) is 0 Å². The molecule has 5 heteroatoms. The molecule has 0 spiro atoms. The van der Waals surface area contributed by atoms with E-state index in [4.69, 9.17) is 0 Å². The number of non-ortho nitro benzene ring substituents is 1. The first-order valence-electron chi connectivity index (χ1n) is 6.30. The molecule has 0 bridgehead atoms. The van der Waals surface area contributed by atoms with Crippen molar-refractivity contribution < 1.29 is 4.92 Å². The van der Waals surface area contributed by atoms with Crippen molar-refractivity contribution in [2.45, 2.75) is 13.3 Å². The molecule has 0 amide bonds. The first kappa shape index (κ1) is 14.8. The molecule has 20 heavy (non-hydrogen) atoms. The molecule has 0 aliphatic carbocycles. The van der Waals surface area contributed by atoms with Gasteiger partial charge in [0.15, 0.2) is 0 Å². The Balaban J connectivity index is 1.98. The number of hydrogen-bond donors (Lipinski definition) is 1. The minimum Gasteiger partial charge on any atom is -0.384 e. The van der Waals surface area contributed by atoms with Crippen molar-refractivity contribution >= 4 is 34.0 Å². The lowest BCUT2D eigenvalue weighted by Crippen LogP contribution is -2.07. The Morgan fingerprint density at radius 1 is 1.25 bits per heavy atom. The number of hydrogen-bond acceptors (Lipinski definition) is 3. The van der Waals surface area contributed by atoms with E-state index in [-0.39, 0.29) is 10.6 Å². The van der Waals surface area contributed by atoms with Crippen LogP contribution < -0.4 is 5.32 Å². The van der Waals surface area contributed by atoms with Crippen LogP contribution in [0.2, 0.25) is 0 Å². The topological polar surface area (TPSA) is 55.2 Å². The van der Waals surface area contributed by atoms with Crippen molar-refractivity contribution in [1.82, 2.24) is 0 Å². The van der Waals surface area contributed by atoms with Crippen LogP contribution in [0.3, 0.4) is 0 Å². The van der Waals surface area contributed by atoms with E-state index >= 15 is 0 Å². The summed E-state index contributed by atoms with van der Waals surface area (Å²) in [6, 6.07) is 13.2. The zero-order valence-corrected chi connectivity index (χ0v) is 13.3. The van der Waals surface area contributed by atoms with E-state index in [1.54, 1.807) is 12.1 Å². The molecule has 0 unspecified atom stereocenters. The molecular formula is C15H15IN2O2. The molecule has 4 nitrogen and oxygen atoms in total. The Morgan fingerprint density at radius 2 is 2.00 bits per heavy atom. The van der Waals surface area contributed by atoms with Gasteiger partial charge in [0.1, 0.15) is 0 Å². The zero-order valence-electron chi connectivity index (χ0n) is 11.1. The summed E-state index contributed by atoms with van der Waals surface area (Å²) in [5, 5.41) is 14.0. The number of nitro benzene ring substituents is 1. The summed E-state index contributed by atoms with van der Waals surface area (Å²) in [4.78, 5) is 10.3. The van der Waals surface area contributed by atoms with Gasteiger partial charge in [-0.1, -0.05) is 24.3 Å². The minimum atomic E-state index is -0.376. The highest BCUT2D eigenvalue weighted by Crippen LogP contribution is 2.23. The lowest BCUT2D eigenvalue weighted by molar-refractivity contribution is -0.384. The molecule has 0 aliphatic heterocycles. The number of benzene rings is 2. The predicted molar refractivity (Wildman–Crippen MR) is 89.2 cm³/mol. The summed E-state index contributed by atoms with van der Waals surface area (Å²) in [6.45, 7) is 2.91. The Morgan fingerprint density at radius 3 is 2.65 bits per heavy atom. The average Bonchev–Trinajstić information content (AvgIpc) is 2.42. The van der Waals surface area contributed by atoms with Crippen molar-refractivity contribution in [2.75, 3.05) is 11.9 Å². The maximum atomic E-state index is 10.7. The van der Waals surface area contributed by atoms with E-state index in [1.165, 1.54) is 17.2 Å². The van der Waals surface area contributed by atoms with Gasteiger partial charge in [0, 0.05) is 27.9 Å². The van der Waals surface area contributed by atoms with Crippen LogP contribution in [-0.2, 0) is 6.42 Å². The van der Waals surface area contributed by atoms with Gasteiger partial charge in [-0.3, -0.25) is 10.1 Å². The summed E-state index contributed by atoms with van der Waals surface area (Å²) in [6.07, 6.45) is 0.930. The van der Waals surface area contributed by atoms with Gasteiger partial charge in [-0.25, -0.2) is 0 Å². The van der Waals surface area contributed by atoms with Gasteiger partial charge in [0.25, 0.3) is 5.69 Å². The standard InChI is InChI=1S/C15H15IN2O2/c1-11-4-2-3-5-12(11)8-9-17-15-7-6-13(18(19)20)10-14(15)16/h2-7,10,17H,8-9H2,1H3. The lowest BCUT2D eigenvalue weighted by Gasteiger charge is -2.10. The monoisotopic (exact) mass is 382 g/mol. The highest BCUT2D eigenvalue weighted by Gasteiger charge is 2.08. The second-order valence-corrected chi connectivity index (χ2v) is 5.69. The molecular weight excluding hydrogens is 367 g/mol. The quantitative estimate of drug-likeness (QED) is 0.480. The minimum absolute atomic E-state index is 0.124. The van der Waals surface area contributed by atoms with Crippen LogP contribution in [0.15, 0.2) is 42.5 Å². The van der Waals surface area contributed by atoms with Gasteiger partial charge in [0.05, 0.1) is 4.92 Å². The molecule has 0 heterocycles. The molecule has 0 aliphatic rings. The van der Waals surface area contributed by atoms with Gasteiger partial charge in [-0.05, 0) is 53.1 Å². The Bertz CT molecular complexity index is 629. The van der Waals surface area contributed by atoms with Crippen molar-refractivity contribution in [3.8, 4) is 0 Å². The van der Waals surface area contributed by atoms with Crippen LogP contribution in [-0.4, -0.2) is 11.5 Å². The maximum absolute atomic E-state index is 10.7. The summed E-state index contributed by atoms with van der Waals surface area (Å²) >= 11 is 2.11. The Kier molecular flexibility index (Phi) is 4.94. The van der Waals surface area contributed by atoms with Crippen LogP contribution in [0, 0.1) is 20.6 Å². The summed E-state index contributed by atoms with van der Waals surface area (Å²) in [5.74, 6) is 0. The van der Waals surface area contributed by atoms with E-state index in [0.717, 1.165) is 22.2 Å². The molecule has 0 saturated carbocycles. The van der Waals surface area contributed by atoms with E-state index in [1.807, 2.05) is 12.1 Å². The van der Waals surface area contributed by atoms with Gasteiger partial charge >= 0.3 is 0 Å². The molecule has 0 atom stereocenters. The first-order valence-corrected chi connectivity index (χ1v) is 7.38. The number of nitrogens with zero attached hydrogens (tertiary/aromatic N) is 1. The van der Waals surface area contributed by atoms with E-state index in [0.29, 0.717) is 0 Å². The van der Waals surface area contributed by atoms with Crippen LogP contribution >= 0.6 is 22.6 Å². The molecule has 2 aromatic carbocycles. The molecule has 0 radical (unpaired) electrons. The third-order valence-corrected chi connectivity index (χ3v) is 4.03. The van der Waals surface area contributed by atoms with Crippen LogP contribution in [0.25, 0.3) is 0 Å². The molecule has 2 rings (SSSR count). The zero-order chi connectivity index (χ0) is 14.5. The van der Waals surface area contributed by atoms with Crippen molar-refractivity contribution in [1.29, 1.82) is 0 Å². The summed E-state index contributed by atoms with van der Waals surface area (Å²) < 4.78 is 0.863. The van der Waals surface area contributed by atoms with Crippen LogP contribution in [0.1, 0.15) is 11.1 Å². The SMILES string of the molecule is Cc1ccccc1CCNc1ccc([N+](=O)[O-])cc1I. The Hall–Kier alpha value is -1.63. The van der Waals surface area contributed by atoms with Gasteiger partial charge in [-0.15, -0.1) is 0 Å². The molecule has 0 aromatic heterocycles.